The largest absolute Gasteiger partial charge is 0.295 e. The molecule has 0 atom stereocenters. The highest BCUT2D eigenvalue weighted by Gasteiger charge is 2.10. The van der Waals surface area contributed by atoms with Crippen molar-refractivity contribution >= 4 is 34.5 Å². The van der Waals surface area contributed by atoms with Crippen molar-refractivity contribution in [2.75, 3.05) is 5.32 Å². The Balaban J connectivity index is 1.65. The number of hydrogen-bond donors (Lipinski definition) is 2. The van der Waals surface area contributed by atoms with Crippen molar-refractivity contribution in [2.24, 2.45) is 0 Å². The number of aromatic amines is 1. The van der Waals surface area contributed by atoms with Gasteiger partial charge in [-0.2, -0.15) is 10.1 Å². The normalized spacial score (nSPS) is 10.5. The number of rotatable bonds is 4. The number of anilines is 1. The van der Waals surface area contributed by atoms with Crippen molar-refractivity contribution in [1.82, 2.24) is 20.2 Å². The Labute approximate surface area is 116 Å². The molecule has 96 valence electrons. The molecule has 0 aliphatic carbocycles. The van der Waals surface area contributed by atoms with Gasteiger partial charge in [-0.05, 0) is 11.4 Å². The van der Waals surface area contributed by atoms with Gasteiger partial charge in [-0.15, -0.1) is 22.7 Å². The molecule has 0 aliphatic rings. The summed E-state index contributed by atoms with van der Waals surface area (Å²) in [6.45, 7) is 0. The Bertz CT molecular complexity index is 659. The first-order chi connectivity index (χ1) is 9.31. The minimum Gasteiger partial charge on any atom is -0.295 e. The van der Waals surface area contributed by atoms with Crippen molar-refractivity contribution in [3.05, 3.63) is 34.9 Å². The van der Waals surface area contributed by atoms with Gasteiger partial charge in [0, 0.05) is 5.38 Å². The quantitative estimate of drug-likeness (QED) is 0.771. The maximum absolute atomic E-state index is 11.7. The molecule has 8 heteroatoms. The molecular weight excluding hydrogens is 282 g/mol. The third kappa shape index (κ3) is 2.85. The monoisotopic (exact) mass is 291 g/mol. The van der Waals surface area contributed by atoms with Crippen LogP contribution < -0.4 is 5.32 Å². The maximum Gasteiger partial charge on any atom is 0.232 e. The maximum atomic E-state index is 11.7. The number of H-pyrrole nitrogens is 1. The second-order valence-corrected chi connectivity index (χ2v) is 5.49. The van der Waals surface area contributed by atoms with E-state index in [1.807, 2.05) is 22.9 Å². The zero-order valence-electron chi connectivity index (χ0n) is 9.66. The van der Waals surface area contributed by atoms with E-state index in [-0.39, 0.29) is 12.3 Å². The fraction of sp³-hybridized carbons (Fsp3) is 0.0909. The molecule has 2 N–H and O–H groups in total. The molecule has 0 fully saturated rings. The van der Waals surface area contributed by atoms with Gasteiger partial charge in [0.05, 0.1) is 17.0 Å². The molecule has 0 saturated carbocycles. The van der Waals surface area contributed by atoms with Crippen LogP contribution in [0.3, 0.4) is 0 Å². The first kappa shape index (κ1) is 12.0. The van der Waals surface area contributed by atoms with Gasteiger partial charge in [0.25, 0.3) is 0 Å². The molecule has 0 aromatic carbocycles. The molecule has 3 heterocycles. The Kier molecular flexibility index (Phi) is 3.34. The summed E-state index contributed by atoms with van der Waals surface area (Å²) in [6, 6.07) is 4.00. The lowest BCUT2D eigenvalue weighted by atomic mass is 10.3. The second-order valence-electron chi connectivity index (χ2n) is 3.68. The van der Waals surface area contributed by atoms with Crippen molar-refractivity contribution in [1.29, 1.82) is 0 Å². The van der Waals surface area contributed by atoms with Crippen LogP contribution in [0.4, 0.5) is 5.95 Å². The minimum atomic E-state index is -0.167. The van der Waals surface area contributed by atoms with E-state index in [4.69, 9.17) is 0 Å². The van der Waals surface area contributed by atoms with E-state index in [1.165, 1.54) is 6.33 Å². The zero-order chi connectivity index (χ0) is 13.1. The van der Waals surface area contributed by atoms with Gasteiger partial charge in [-0.25, -0.2) is 10.1 Å². The van der Waals surface area contributed by atoms with Gasteiger partial charge in [-0.3, -0.25) is 10.1 Å². The van der Waals surface area contributed by atoms with Crippen LogP contribution in [0.5, 0.6) is 0 Å². The third-order valence-electron chi connectivity index (χ3n) is 2.30. The molecule has 0 bridgehead atoms. The van der Waals surface area contributed by atoms with E-state index in [0.29, 0.717) is 5.95 Å². The lowest BCUT2D eigenvalue weighted by molar-refractivity contribution is -0.115. The number of carbonyl (C=O) groups is 1. The van der Waals surface area contributed by atoms with Crippen LogP contribution in [0.15, 0.2) is 29.2 Å². The molecule has 0 unspecified atom stereocenters. The number of nitrogens with one attached hydrogen (secondary N) is 2. The van der Waals surface area contributed by atoms with Gasteiger partial charge in [0.1, 0.15) is 11.3 Å². The standard InChI is InChI=1S/C11H9N5OS2/c17-9(15-11-12-6-13-16-11)4-7-5-19-10(14-7)8-2-1-3-18-8/h1-3,5-6H,4H2,(H2,12,13,15,16,17). The first-order valence-corrected chi connectivity index (χ1v) is 7.21. The van der Waals surface area contributed by atoms with E-state index in [9.17, 15) is 4.79 Å². The fourth-order valence-electron chi connectivity index (χ4n) is 1.51. The summed E-state index contributed by atoms with van der Waals surface area (Å²) in [4.78, 5) is 21.1. The van der Waals surface area contributed by atoms with Crippen LogP contribution in [0, 0.1) is 0 Å². The number of amides is 1. The van der Waals surface area contributed by atoms with E-state index < -0.39 is 0 Å². The van der Waals surface area contributed by atoms with Gasteiger partial charge in [-0.1, -0.05) is 6.07 Å². The highest BCUT2D eigenvalue weighted by molar-refractivity contribution is 7.20. The molecule has 19 heavy (non-hydrogen) atoms. The van der Waals surface area contributed by atoms with Gasteiger partial charge < -0.3 is 0 Å². The molecule has 1 amide bonds. The van der Waals surface area contributed by atoms with Crippen molar-refractivity contribution in [3.63, 3.8) is 0 Å². The fourth-order valence-corrected chi connectivity index (χ4v) is 3.14. The number of carbonyl (C=O) groups excluding carboxylic acids is 1. The molecular formula is C11H9N5OS2. The number of aromatic nitrogens is 4. The molecule has 3 rings (SSSR count). The summed E-state index contributed by atoms with van der Waals surface area (Å²) in [6.07, 6.45) is 1.57. The topological polar surface area (TPSA) is 83.6 Å². The van der Waals surface area contributed by atoms with Crippen molar-refractivity contribution in [3.8, 4) is 9.88 Å². The lowest BCUT2D eigenvalue weighted by Gasteiger charge is -1.98. The summed E-state index contributed by atoms with van der Waals surface area (Å²) in [5.41, 5.74) is 0.755. The molecule has 3 aromatic heterocycles. The number of thiophene rings is 1. The number of thiazole rings is 1. The van der Waals surface area contributed by atoms with Gasteiger partial charge in [0.15, 0.2) is 0 Å². The predicted molar refractivity (Wildman–Crippen MR) is 74.1 cm³/mol. The molecule has 3 aromatic rings. The van der Waals surface area contributed by atoms with Gasteiger partial charge in [0.2, 0.25) is 11.9 Å². The summed E-state index contributed by atoms with van der Waals surface area (Å²) in [5.74, 6) is 0.179. The first-order valence-electron chi connectivity index (χ1n) is 5.45. The van der Waals surface area contributed by atoms with Gasteiger partial charge >= 0.3 is 0 Å². The zero-order valence-corrected chi connectivity index (χ0v) is 11.3. The van der Waals surface area contributed by atoms with Crippen LogP contribution in [0.1, 0.15) is 5.69 Å². The molecule has 0 radical (unpaired) electrons. The average molecular weight is 291 g/mol. The Morgan fingerprint density at radius 3 is 3.11 bits per heavy atom. The van der Waals surface area contributed by atoms with E-state index in [1.54, 1.807) is 22.7 Å². The van der Waals surface area contributed by atoms with Crippen molar-refractivity contribution in [2.45, 2.75) is 6.42 Å². The molecule has 0 saturated heterocycles. The summed E-state index contributed by atoms with van der Waals surface area (Å²) < 4.78 is 0. The van der Waals surface area contributed by atoms with E-state index in [2.05, 4.69) is 25.5 Å². The Hall–Kier alpha value is -2.06. The number of nitrogens with zero attached hydrogens (tertiary/aromatic N) is 3. The van der Waals surface area contributed by atoms with E-state index in [0.717, 1.165) is 15.6 Å². The minimum absolute atomic E-state index is 0.167. The van der Waals surface area contributed by atoms with Crippen LogP contribution in [-0.4, -0.2) is 26.1 Å². The second kappa shape index (κ2) is 5.29. The van der Waals surface area contributed by atoms with E-state index >= 15 is 0 Å². The Morgan fingerprint density at radius 2 is 2.37 bits per heavy atom. The highest BCUT2D eigenvalue weighted by atomic mass is 32.1. The van der Waals surface area contributed by atoms with Crippen LogP contribution >= 0.6 is 22.7 Å². The number of hydrogen-bond acceptors (Lipinski definition) is 6. The van der Waals surface area contributed by atoms with Crippen molar-refractivity contribution < 1.29 is 4.79 Å². The lowest BCUT2D eigenvalue weighted by Crippen LogP contribution is -2.15. The molecule has 0 aliphatic heterocycles. The highest BCUT2D eigenvalue weighted by Crippen LogP contribution is 2.27. The smallest absolute Gasteiger partial charge is 0.232 e. The average Bonchev–Trinajstić information content (AvgIpc) is 3.09. The predicted octanol–water partition coefficient (Wildman–Crippen LogP) is 2.17. The molecule has 6 nitrogen and oxygen atoms in total. The van der Waals surface area contributed by atoms with Crippen LogP contribution in [0.25, 0.3) is 9.88 Å². The summed E-state index contributed by atoms with van der Waals surface area (Å²) in [7, 11) is 0. The summed E-state index contributed by atoms with van der Waals surface area (Å²) >= 11 is 3.18. The Morgan fingerprint density at radius 1 is 1.42 bits per heavy atom. The van der Waals surface area contributed by atoms with Crippen LogP contribution in [-0.2, 0) is 11.2 Å². The third-order valence-corrected chi connectivity index (χ3v) is 4.23. The SMILES string of the molecule is O=C(Cc1csc(-c2cccs2)n1)Nc1ncn[nH]1. The molecule has 0 spiro atoms. The van der Waals surface area contributed by atoms with Crippen LogP contribution in [0.2, 0.25) is 0 Å². The summed E-state index contributed by atoms with van der Waals surface area (Å²) in [5, 5.41) is 13.7.